The van der Waals surface area contributed by atoms with E-state index in [1.165, 1.54) is 17.7 Å². The molecule has 0 saturated carbocycles. The number of ether oxygens (including phenoxy) is 1. The van der Waals surface area contributed by atoms with Crippen LogP contribution in [0.3, 0.4) is 0 Å². The third-order valence-corrected chi connectivity index (χ3v) is 7.81. The van der Waals surface area contributed by atoms with Crippen LogP contribution in [0.1, 0.15) is 41.4 Å². The summed E-state index contributed by atoms with van der Waals surface area (Å²) in [6, 6.07) is 23.9. The minimum atomic E-state index is -0.451. The third-order valence-electron chi connectivity index (χ3n) is 7.81. The number of halogens is 1. The van der Waals surface area contributed by atoms with Crippen molar-refractivity contribution < 1.29 is 9.13 Å². The van der Waals surface area contributed by atoms with Crippen molar-refractivity contribution in [1.82, 2.24) is 30.1 Å². The third kappa shape index (κ3) is 5.51. The van der Waals surface area contributed by atoms with Crippen LogP contribution in [0.2, 0.25) is 0 Å². The molecule has 0 amide bonds. The van der Waals surface area contributed by atoms with Crippen molar-refractivity contribution in [1.29, 1.82) is 0 Å². The Balaban J connectivity index is 1.35. The number of fused-ring (bicyclic) bond motifs is 1. The molecule has 0 spiro atoms. The lowest BCUT2D eigenvalue weighted by molar-refractivity contribution is 0.143. The Kier molecular flexibility index (Phi) is 7.37. The molecule has 8 nitrogen and oxygen atoms in total. The van der Waals surface area contributed by atoms with Gasteiger partial charge in [-0.15, -0.1) is 5.10 Å². The SMILES string of the molecule is COc1ccc2[nH]c(=O)c([C@@H](c3nnnn3Cc3ccc(F)cc3)N3CCC(Cc4ccccc4)CC3)cc2c1. The van der Waals surface area contributed by atoms with Gasteiger partial charge in [-0.1, -0.05) is 42.5 Å². The van der Waals surface area contributed by atoms with Crippen LogP contribution in [-0.2, 0) is 13.0 Å². The molecule has 1 fully saturated rings. The summed E-state index contributed by atoms with van der Waals surface area (Å²) >= 11 is 0. The molecule has 2 aromatic heterocycles. The number of hydrogen-bond donors (Lipinski definition) is 1. The van der Waals surface area contributed by atoms with Gasteiger partial charge in [0.05, 0.1) is 13.7 Å². The van der Waals surface area contributed by atoms with E-state index in [-0.39, 0.29) is 11.4 Å². The number of benzene rings is 3. The molecule has 0 bridgehead atoms. The van der Waals surface area contributed by atoms with E-state index in [9.17, 15) is 9.18 Å². The van der Waals surface area contributed by atoms with Crippen LogP contribution in [0, 0.1) is 11.7 Å². The normalized spacial score (nSPS) is 15.3. The summed E-state index contributed by atoms with van der Waals surface area (Å²) in [4.78, 5) is 18.9. The number of aromatic amines is 1. The maximum atomic E-state index is 13.5. The van der Waals surface area contributed by atoms with Gasteiger partial charge in [-0.3, -0.25) is 9.69 Å². The maximum absolute atomic E-state index is 13.5. The molecule has 0 aliphatic carbocycles. The average molecular weight is 539 g/mol. The number of nitrogens with zero attached hydrogens (tertiary/aromatic N) is 5. The molecule has 9 heteroatoms. The van der Waals surface area contributed by atoms with Gasteiger partial charge >= 0.3 is 0 Å². The quantitative estimate of drug-likeness (QED) is 0.307. The van der Waals surface area contributed by atoms with Gasteiger partial charge in [0.15, 0.2) is 5.82 Å². The molecule has 204 valence electrons. The fraction of sp³-hybridized carbons (Fsp3) is 0.290. The number of H-pyrrole nitrogens is 1. The second-order valence-corrected chi connectivity index (χ2v) is 10.4. The molecular formula is C31H31FN6O2. The lowest BCUT2D eigenvalue weighted by atomic mass is 9.89. The Morgan fingerprint density at radius 1 is 1.00 bits per heavy atom. The zero-order valence-electron chi connectivity index (χ0n) is 22.3. The van der Waals surface area contributed by atoms with Crippen LogP contribution in [0.25, 0.3) is 10.9 Å². The fourth-order valence-electron chi connectivity index (χ4n) is 5.68. The van der Waals surface area contributed by atoms with E-state index in [1.54, 1.807) is 23.9 Å². The number of nitrogens with one attached hydrogen (secondary N) is 1. The summed E-state index contributed by atoms with van der Waals surface area (Å²) in [5.41, 5.74) is 3.36. The monoisotopic (exact) mass is 538 g/mol. The predicted octanol–water partition coefficient (Wildman–Crippen LogP) is 4.75. The Labute approximate surface area is 231 Å². The lowest BCUT2D eigenvalue weighted by Crippen LogP contribution is -2.41. The van der Waals surface area contributed by atoms with E-state index >= 15 is 0 Å². The van der Waals surface area contributed by atoms with Crippen molar-refractivity contribution in [3.05, 3.63) is 118 Å². The molecule has 0 radical (unpaired) electrons. The van der Waals surface area contributed by atoms with Crippen molar-refractivity contribution >= 4 is 10.9 Å². The lowest BCUT2D eigenvalue weighted by Gasteiger charge is -2.37. The van der Waals surface area contributed by atoms with E-state index in [2.05, 4.69) is 49.7 Å². The number of rotatable bonds is 8. The van der Waals surface area contributed by atoms with Crippen LogP contribution >= 0.6 is 0 Å². The molecule has 1 N–H and O–H groups in total. The number of aromatic nitrogens is 5. The smallest absolute Gasteiger partial charge is 0.253 e. The maximum Gasteiger partial charge on any atom is 0.253 e. The number of hydrogen-bond acceptors (Lipinski definition) is 6. The van der Waals surface area contributed by atoms with Gasteiger partial charge in [-0.25, -0.2) is 9.07 Å². The van der Waals surface area contributed by atoms with Gasteiger partial charge in [0.2, 0.25) is 0 Å². The molecule has 1 saturated heterocycles. The summed E-state index contributed by atoms with van der Waals surface area (Å²) in [6.07, 6.45) is 3.05. The molecule has 3 heterocycles. The number of methoxy groups -OCH3 is 1. The van der Waals surface area contributed by atoms with Crippen molar-refractivity contribution in [3.63, 3.8) is 0 Å². The first-order chi connectivity index (χ1) is 19.6. The van der Waals surface area contributed by atoms with E-state index in [1.807, 2.05) is 30.3 Å². The fourth-order valence-corrected chi connectivity index (χ4v) is 5.68. The van der Waals surface area contributed by atoms with Gasteiger partial charge in [-0.2, -0.15) is 0 Å². The second kappa shape index (κ2) is 11.4. The molecule has 1 atom stereocenters. The first-order valence-electron chi connectivity index (χ1n) is 13.6. The summed E-state index contributed by atoms with van der Waals surface area (Å²) in [5, 5.41) is 13.6. The van der Waals surface area contributed by atoms with Gasteiger partial charge in [0, 0.05) is 16.5 Å². The Morgan fingerprint density at radius 2 is 1.77 bits per heavy atom. The van der Waals surface area contributed by atoms with E-state index in [0.717, 1.165) is 48.8 Å². The van der Waals surface area contributed by atoms with Crippen LogP contribution in [0.15, 0.2) is 83.7 Å². The van der Waals surface area contributed by atoms with Crippen molar-refractivity contribution in [3.8, 4) is 5.75 Å². The number of piperidine rings is 1. The molecule has 6 rings (SSSR count). The van der Waals surface area contributed by atoms with Gasteiger partial charge < -0.3 is 9.72 Å². The molecule has 5 aromatic rings. The Bertz CT molecular complexity index is 1640. The molecule has 40 heavy (non-hydrogen) atoms. The highest BCUT2D eigenvalue weighted by Crippen LogP contribution is 2.32. The Morgan fingerprint density at radius 3 is 2.52 bits per heavy atom. The highest BCUT2D eigenvalue weighted by atomic mass is 19.1. The minimum Gasteiger partial charge on any atom is -0.497 e. The van der Waals surface area contributed by atoms with Gasteiger partial charge in [0.1, 0.15) is 17.6 Å². The first-order valence-corrected chi connectivity index (χ1v) is 13.6. The molecular weight excluding hydrogens is 507 g/mol. The van der Waals surface area contributed by atoms with E-state index in [0.29, 0.717) is 29.6 Å². The van der Waals surface area contributed by atoms with Gasteiger partial charge in [0.25, 0.3) is 5.56 Å². The van der Waals surface area contributed by atoms with E-state index in [4.69, 9.17) is 4.74 Å². The number of pyridine rings is 1. The van der Waals surface area contributed by atoms with E-state index < -0.39 is 6.04 Å². The highest BCUT2D eigenvalue weighted by Gasteiger charge is 2.33. The zero-order valence-corrected chi connectivity index (χ0v) is 22.3. The summed E-state index contributed by atoms with van der Waals surface area (Å²) in [7, 11) is 1.62. The van der Waals surface area contributed by atoms with Crippen LogP contribution in [0.5, 0.6) is 5.75 Å². The average Bonchev–Trinajstić information content (AvgIpc) is 3.43. The van der Waals surface area contributed by atoms with Crippen molar-refractivity contribution in [2.24, 2.45) is 5.92 Å². The summed E-state index contributed by atoms with van der Waals surface area (Å²) < 4.78 is 20.7. The largest absolute Gasteiger partial charge is 0.497 e. The molecule has 1 aliphatic heterocycles. The van der Waals surface area contributed by atoms with Crippen molar-refractivity contribution in [2.75, 3.05) is 20.2 Å². The number of tetrazole rings is 1. The Hall–Kier alpha value is -4.37. The van der Waals surface area contributed by atoms with Crippen molar-refractivity contribution in [2.45, 2.75) is 31.8 Å². The topological polar surface area (TPSA) is 88.9 Å². The van der Waals surface area contributed by atoms with Gasteiger partial charge in [-0.05, 0) is 96.2 Å². The first kappa shape index (κ1) is 25.9. The standard InChI is InChI=1S/C31H31FN6O2/c1-40-26-11-12-28-24(18-26)19-27(31(39)33-28)29(30-34-35-36-38(30)20-23-7-9-25(32)10-8-23)37-15-13-22(14-16-37)17-21-5-3-2-4-6-21/h2-12,18-19,22,29H,13-17,20H2,1H3,(H,33,39)/t29-/m0/s1. The van der Waals surface area contributed by atoms with Crippen LogP contribution in [-0.4, -0.2) is 50.3 Å². The van der Waals surface area contributed by atoms with Crippen LogP contribution in [0.4, 0.5) is 4.39 Å². The minimum absolute atomic E-state index is 0.176. The number of likely N-dealkylation sites (tertiary alicyclic amines) is 1. The second-order valence-electron chi connectivity index (χ2n) is 10.4. The van der Waals surface area contributed by atoms with Crippen LogP contribution < -0.4 is 10.3 Å². The zero-order chi connectivity index (χ0) is 27.5. The summed E-state index contributed by atoms with van der Waals surface area (Å²) in [6.45, 7) is 1.98. The molecule has 3 aromatic carbocycles. The highest BCUT2D eigenvalue weighted by molar-refractivity contribution is 5.80. The molecule has 0 unspecified atom stereocenters. The predicted molar refractivity (Wildman–Crippen MR) is 151 cm³/mol. The summed E-state index contributed by atoms with van der Waals surface area (Å²) in [5.74, 6) is 1.56. The molecule has 1 aliphatic rings.